The molecule has 0 saturated heterocycles. The summed E-state index contributed by atoms with van der Waals surface area (Å²) in [5, 5.41) is 11.7. The Morgan fingerprint density at radius 2 is 2.10 bits per heavy atom. The number of ether oxygens (including phenoxy) is 1. The lowest BCUT2D eigenvalue weighted by Gasteiger charge is -2.14. The zero-order valence-corrected chi connectivity index (χ0v) is 12.6. The first-order valence-corrected chi connectivity index (χ1v) is 7.28. The van der Waals surface area contributed by atoms with Crippen molar-refractivity contribution in [3.05, 3.63) is 29.8 Å². The van der Waals surface area contributed by atoms with E-state index in [1.165, 1.54) is 18.6 Å². The summed E-state index contributed by atoms with van der Waals surface area (Å²) in [5.74, 6) is -0.835. The Bertz CT molecular complexity index is 473. The fraction of sp³-hybridized carbons (Fsp3) is 0.500. The first kappa shape index (κ1) is 17.0. The molecule has 1 aromatic carbocycles. The standard InChI is InChI=1S/C16H23NO4/c1-3-4-5-7-12(2)17-15(18)11-21-14-9-6-8-13(10-14)16(19)20/h6,8-10,12H,3-5,7,11H2,1-2H3,(H,17,18)(H,19,20). The average molecular weight is 293 g/mol. The molecule has 2 N–H and O–H groups in total. The van der Waals surface area contributed by atoms with Gasteiger partial charge in [0, 0.05) is 6.04 Å². The monoisotopic (exact) mass is 293 g/mol. The molecule has 0 saturated carbocycles. The van der Waals surface area contributed by atoms with Gasteiger partial charge < -0.3 is 15.2 Å². The Hall–Kier alpha value is -2.04. The maximum atomic E-state index is 11.7. The van der Waals surface area contributed by atoms with Crippen molar-refractivity contribution in [3.63, 3.8) is 0 Å². The molecule has 0 heterocycles. The maximum Gasteiger partial charge on any atom is 0.335 e. The van der Waals surface area contributed by atoms with Crippen molar-refractivity contribution >= 4 is 11.9 Å². The second kappa shape index (κ2) is 9.00. The van der Waals surface area contributed by atoms with Gasteiger partial charge >= 0.3 is 5.97 Å². The van der Waals surface area contributed by atoms with Crippen molar-refractivity contribution in [1.29, 1.82) is 0 Å². The average Bonchev–Trinajstić information content (AvgIpc) is 2.45. The van der Waals surface area contributed by atoms with Gasteiger partial charge in [-0.15, -0.1) is 0 Å². The van der Waals surface area contributed by atoms with E-state index in [1.54, 1.807) is 12.1 Å². The number of carbonyl (C=O) groups excluding carboxylic acids is 1. The minimum atomic E-state index is -1.02. The van der Waals surface area contributed by atoms with Crippen LogP contribution in [0, 0.1) is 0 Å². The third-order valence-electron chi connectivity index (χ3n) is 3.10. The summed E-state index contributed by atoms with van der Waals surface area (Å²) in [6, 6.07) is 6.22. The van der Waals surface area contributed by atoms with E-state index < -0.39 is 5.97 Å². The van der Waals surface area contributed by atoms with Gasteiger partial charge in [-0.3, -0.25) is 4.79 Å². The zero-order valence-electron chi connectivity index (χ0n) is 12.6. The highest BCUT2D eigenvalue weighted by molar-refractivity contribution is 5.88. The fourth-order valence-electron chi connectivity index (χ4n) is 1.96. The highest BCUT2D eigenvalue weighted by Gasteiger charge is 2.09. The van der Waals surface area contributed by atoms with Gasteiger partial charge in [-0.1, -0.05) is 32.3 Å². The molecule has 0 fully saturated rings. The van der Waals surface area contributed by atoms with Crippen LogP contribution in [0.25, 0.3) is 0 Å². The summed E-state index contributed by atoms with van der Waals surface area (Å²) < 4.78 is 5.31. The lowest BCUT2D eigenvalue weighted by Crippen LogP contribution is -2.36. The summed E-state index contributed by atoms with van der Waals surface area (Å²) in [6.45, 7) is 4.00. The summed E-state index contributed by atoms with van der Waals surface area (Å²) in [6.07, 6.45) is 4.37. The van der Waals surface area contributed by atoms with Crippen LogP contribution in [0.15, 0.2) is 24.3 Å². The number of carboxylic acids is 1. The third-order valence-corrected chi connectivity index (χ3v) is 3.10. The summed E-state index contributed by atoms with van der Waals surface area (Å²) in [7, 11) is 0. The molecule has 0 aliphatic heterocycles. The number of carbonyl (C=O) groups is 2. The van der Waals surface area contributed by atoms with Crippen LogP contribution < -0.4 is 10.1 Å². The van der Waals surface area contributed by atoms with Gasteiger partial charge in [0.2, 0.25) is 0 Å². The Balaban J connectivity index is 2.35. The molecule has 0 spiro atoms. The number of aromatic carboxylic acids is 1. The quantitative estimate of drug-likeness (QED) is 0.686. The van der Waals surface area contributed by atoms with Gasteiger partial charge in [-0.05, 0) is 31.5 Å². The second-order valence-electron chi connectivity index (χ2n) is 5.09. The van der Waals surface area contributed by atoms with Crippen LogP contribution in [0.1, 0.15) is 49.9 Å². The van der Waals surface area contributed by atoms with Gasteiger partial charge in [0.05, 0.1) is 5.56 Å². The molecule has 0 aliphatic rings. The smallest absolute Gasteiger partial charge is 0.335 e. The second-order valence-corrected chi connectivity index (χ2v) is 5.09. The molecule has 21 heavy (non-hydrogen) atoms. The molecule has 1 atom stereocenters. The Morgan fingerprint density at radius 1 is 1.33 bits per heavy atom. The van der Waals surface area contributed by atoms with Crippen LogP contribution in [-0.2, 0) is 4.79 Å². The molecule has 1 amide bonds. The maximum absolute atomic E-state index is 11.7. The molecule has 1 rings (SSSR count). The van der Waals surface area contributed by atoms with E-state index in [-0.39, 0.29) is 24.1 Å². The topological polar surface area (TPSA) is 75.6 Å². The Kier molecular flexibility index (Phi) is 7.29. The Morgan fingerprint density at radius 3 is 2.76 bits per heavy atom. The highest BCUT2D eigenvalue weighted by atomic mass is 16.5. The van der Waals surface area contributed by atoms with Crippen molar-refractivity contribution < 1.29 is 19.4 Å². The molecule has 1 unspecified atom stereocenters. The van der Waals surface area contributed by atoms with Gasteiger partial charge in [-0.25, -0.2) is 4.79 Å². The van der Waals surface area contributed by atoms with Crippen molar-refractivity contribution in [2.45, 2.75) is 45.6 Å². The predicted octanol–water partition coefficient (Wildman–Crippen LogP) is 2.85. The summed E-state index contributed by atoms with van der Waals surface area (Å²) in [4.78, 5) is 22.6. The van der Waals surface area contributed by atoms with Crippen molar-refractivity contribution in [3.8, 4) is 5.75 Å². The van der Waals surface area contributed by atoms with Crippen LogP contribution in [0.3, 0.4) is 0 Å². The first-order valence-electron chi connectivity index (χ1n) is 7.28. The number of amides is 1. The van der Waals surface area contributed by atoms with E-state index in [2.05, 4.69) is 12.2 Å². The number of unbranched alkanes of at least 4 members (excludes halogenated alkanes) is 2. The summed E-state index contributed by atoms with van der Waals surface area (Å²) >= 11 is 0. The van der Waals surface area contributed by atoms with E-state index in [9.17, 15) is 9.59 Å². The molecule has 0 aromatic heterocycles. The van der Waals surface area contributed by atoms with Crippen LogP contribution in [-0.4, -0.2) is 29.6 Å². The van der Waals surface area contributed by atoms with E-state index in [1.807, 2.05) is 6.92 Å². The van der Waals surface area contributed by atoms with E-state index >= 15 is 0 Å². The zero-order chi connectivity index (χ0) is 15.7. The summed E-state index contributed by atoms with van der Waals surface area (Å²) in [5.41, 5.74) is 0.140. The van der Waals surface area contributed by atoms with E-state index in [0.717, 1.165) is 19.3 Å². The molecule has 116 valence electrons. The van der Waals surface area contributed by atoms with Gasteiger partial charge in [0.25, 0.3) is 5.91 Å². The van der Waals surface area contributed by atoms with E-state index in [0.29, 0.717) is 5.75 Å². The van der Waals surface area contributed by atoms with E-state index in [4.69, 9.17) is 9.84 Å². The molecule has 1 aromatic rings. The van der Waals surface area contributed by atoms with Crippen molar-refractivity contribution in [2.24, 2.45) is 0 Å². The molecular weight excluding hydrogens is 270 g/mol. The minimum absolute atomic E-state index is 0.110. The van der Waals surface area contributed by atoms with Gasteiger partial charge in [0.15, 0.2) is 6.61 Å². The van der Waals surface area contributed by atoms with Crippen molar-refractivity contribution in [1.82, 2.24) is 5.32 Å². The van der Waals surface area contributed by atoms with Gasteiger partial charge in [-0.2, -0.15) is 0 Å². The number of hydrogen-bond acceptors (Lipinski definition) is 3. The molecular formula is C16H23NO4. The molecule has 0 aliphatic carbocycles. The minimum Gasteiger partial charge on any atom is -0.484 e. The van der Waals surface area contributed by atoms with Gasteiger partial charge in [0.1, 0.15) is 5.75 Å². The van der Waals surface area contributed by atoms with Crippen molar-refractivity contribution in [2.75, 3.05) is 6.61 Å². The molecule has 5 heteroatoms. The molecule has 0 bridgehead atoms. The normalized spacial score (nSPS) is 11.7. The molecule has 5 nitrogen and oxygen atoms in total. The van der Waals surface area contributed by atoms with Crippen LogP contribution in [0.2, 0.25) is 0 Å². The predicted molar refractivity (Wildman–Crippen MR) is 80.6 cm³/mol. The number of nitrogens with one attached hydrogen (secondary N) is 1. The highest BCUT2D eigenvalue weighted by Crippen LogP contribution is 2.13. The Labute approximate surface area is 125 Å². The first-order chi connectivity index (χ1) is 10.0. The fourth-order valence-corrected chi connectivity index (χ4v) is 1.96. The lowest BCUT2D eigenvalue weighted by molar-refractivity contribution is -0.123. The van der Waals surface area contributed by atoms with Crippen LogP contribution >= 0.6 is 0 Å². The third kappa shape index (κ3) is 6.79. The number of benzene rings is 1. The number of rotatable bonds is 9. The van der Waals surface area contributed by atoms with Crippen LogP contribution in [0.5, 0.6) is 5.75 Å². The number of carboxylic acid groups (broad SMARTS) is 1. The SMILES string of the molecule is CCCCCC(C)NC(=O)COc1cccc(C(=O)O)c1. The largest absolute Gasteiger partial charge is 0.484 e. The lowest BCUT2D eigenvalue weighted by atomic mass is 10.1. The molecule has 0 radical (unpaired) electrons. The van der Waals surface area contributed by atoms with Crippen LogP contribution in [0.4, 0.5) is 0 Å². The number of hydrogen-bond donors (Lipinski definition) is 2.